The van der Waals surface area contributed by atoms with Crippen molar-refractivity contribution < 1.29 is 0 Å². The molecule has 0 amide bonds. The van der Waals surface area contributed by atoms with Gasteiger partial charge in [0, 0.05) is 18.4 Å². The predicted molar refractivity (Wildman–Crippen MR) is 78.2 cm³/mol. The van der Waals surface area contributed by atoms with Crippen LogP contribution in [0.3, 0.4) is 0 Å². The van der Waals surface area contributed by atoms with Crippen LogP contribution in [0.2, 0.25) is 0 Å². The van der Waals surface area contributed by atoms with Crippen molar-refractivity contribution in [2.45, 2.75) is 19.8 Å². The number of hydrogen-bond acceptors (Lipinski definition) is 5. The normalized spacial score (nSPS) is 10.2. The predicted octanol–water partition coefficient (Wildman–Crippen LogP) is 2.70. The van der Waals surface area contributed by atoms with E-state index in [1.54, 1.807) is 6.20 Å². The molecule has 1 aromatic heterocycles. The fourth-order valence-electron chi connectivity index (χ4n) is 1.87. The maximum Gasteiger partial charge on any atom is 0.239 e. The van der Waals surface area contributed by atoms with Crippen LogP contribution >= 0.6 is 0 Å². The monoisotopic (exact) mass is 257 g/mol. The Morgan fingerprint density at radius 1 is 1.21 bits per heavy atom. The third kappa shape index (κ3) is 3.42. The lowest BCUT2D eigenvalue weighted by molar-refractivity contribution is 0.778. The number of hydrogen-bond donors (Lipinski definition) is 2. The zero-order valence-electron chi connectivity index (χ0n) is 11.1. The molecule has 0 saturated carbocycles. The van der Waals surface area contributed by atoms with E-state index in [4.69, 9.17) is 5.84 Å². The number of hydrazine groups is 1. The molecule has 1 aromatic carbocycles. The molecule has 0 atom stereocenters. The molecule has 2 aromatic rings. The Morgan fingerprint density at radius 3 is 2.68 bits per heavy atom. The molecule has 0 aliphatic heterocycles. The molecule has 0 spiro atoms. The van der Waals surface area contributed by atoms with Crippen LogP contribution in [0, 0.1) is 0 Å². The fraction of sp³-hybridized carbons (Fsp3) is 0.286. The first-order chi connectivity index (χ1) is 9.35. The summed E-state index contributed by atoms with van der Waals surface area (Å²) in [5, 5.41) is 0. The number of nitrogens with zero attached hydrogens (tertiary/aromatic N) is 3. The fourth-order valence-corrected chi connectivity index (χ4v) is 1.87. The average Bonchev–Trinajstić information content (AvgIpc) is 2.49. The summed E-state index contributed by atoms with van der Waals surface area (Å²) in [5.41, 5.74) is 3.60. The van der Waals surface area contributed by atoms with Crippen molar-refractivity contribution in [2.75, 3.05) is 16.9 Å². The smallest absolute Gasteiger partial charge is 0.239 e. The Kier molecular flexibility index (Phi) is 4.69. The second kappa shape index (κ2) is 6.70. The lowest BCUT2D eigenvalue weighted by atomic mass is 10.2. The molecule has 0 saturated heterocycles. The number of nitrogen functional groups attached to an aromatic ring is 1. The Balaban J connectivity index is 2.31. The van der Waals surface area contributed by atoms with Crippen molar-refractivity contribution >= 4 is 17.5 Å². The molecule has 100 valence electrons. The number of anilines is 3. The average molecular weight is 257 g/mol. The van der Waals surface area contributed by atoms with E-state index in [1.807, 2.05) is 24.3 Å². The van der Waals surface area contributed by atoms with Crippen molar-refractivity contribution in [2.24, 2.45) is 5.84 Å². The summed E-state index contributed by atoms with van der Waals surface area (Å²) in [6, 6.07) is 12.1. The molecule has 5 heteroatoms. The first-order valence-corrected chi connectivity index (χ1v) is 6.47. The van der Waals surface area contributed by atoms with Crippen molar-refractivity contribution in [3.8, 4) is 0 Å². The van der Waals surface area contributed by atoms with E-state index in [0.29, 0.717) is 5.95 Å². The standard InChI is InChI=1S/C14H19N5/c1-2-3-11-19(12-7-5-4-6-8-12)13-9-10-16-14(17-13)18-15/h4-10H,2-3,11,15H2,1H3,(H,16,17,18). The van der Waals surface area contributed by atoms with E-state index < -0.39 is 0 Å². The highest BCUT2D eigenvalue weighted by Gasteiger charge is 2.10. The van der Waals surface area contributed by atoms with Crippen LogP contribution in [0.25, 0.3) is 0 Å². The van der Waals surface area contributed by atoms with Crippen molar-refractivity contribution in [3.05, 3.63) is 42.6 Å². The van der Waals surface area contributed by atoms with Gasteiger partial charge < -0.3 is 4.90 Å². The van der Waals surface area contributed by atoms with Gasteiger partial charge in [0.25, 0.3) is 0 Å². The van der Waals surface area contributed by atoms with Gasteiger partial charge in [0.05, 0.1) is 0 Å². The number of para-hydroxylation sites is 1. The number of nitrogens with one attached hydrogen (secondary N) is 1. The molecule has 0 bridgehead atoms. The van der Waals surface area contributed by atoms with E-state index in [9.17, 15) is 0 Å². The summed E-state index contributed by atoms with van der Waals surface area (Å²) >= 11 is 0. The van der Waals surface area contributed by atoms with Crippen molar-refractivity contribution in [1.82, 2.24) is 9.97 Å². The molecule has 0 aliphatic carbocycles. The molecule has 0 aliphatic rings. The van der Waals surface area contributed by atoms with Gasteiger partial charge in [0.15, 0.2) is 0 Å². The van der Waals surface area contributed by atoms with Gasteiger partial charge in [-0.05, 0) is 24.6 Å². The summed E-state index contributed by atoms with van der Waals surface area (Å²) in [5.74, 6) is 6.64. The number of rotatable bonds is 6. The van der Waals surface area contributed by atoms with Crippen LogP contribution in [-0.2, 0) is 0 Å². The molecular formula is C14H19N5. The van der Waals surface area contributed by atoms with E-state index in [-0.39, 0.29) is 0 Å². The SMILES string of the molecule is CCCCN(c1ccccc1)c1ccnc(NN)n1. The van der Waals surface area contributed by atoms with Crippen LogP contribution in [0.15, 0.2) is 42.6 Å². The molecule has 5 nitrogen and oxygen atoms in total. The van der Waals surface area contributed by atoms with Crippen LogP contribution in [-0.4, -0.2) is 16.5 Å². The highest BCUT2D eigenvalue weighted by atomic mass is 15.3. The van der Waals surface area contributed by atoms with E-state index in [1.165, 1.54) is 0 Å². The number of nitrogens with two attached hydrogens (primary N) is 1. The third-order valence-corrected chi connectivity index (χ3v) is 2.85. The van der Waals surface area contributed by atoms with Crippen molar-refractivity contribution in [1.29, 1.82) is 0 Å². The minimum Gasteiger partial charge on any atom is -0.326 e. The Labute approximate surface area is 113 Å². The quantitative estimate of drug-likeness (QED) is 0.615. The Morgan fingerprint density at radius 2 is 2.00 bits per heavy atom. The van der Waals surface area contributed by atoms with Gasteiger partial charge in [-0.3, -0.25) is 5.43 Å². The molecule has 0 fully saturated rings. The molecular weight excluding hydrogens is 238 g/mol. The lowest BCUT2D eigenvalue weighted by Crippen LogP contribution is -2.20. The summed E-state index contributed by atoms with van der Waals surface area (Å²) in [6.45, 7) is 3.09. The minimum absolute atomic E-state index is 0.426. The van der Waals surface area contributed by atoms with Crippen LogP contribution in [0.5, 0.6) is 0 Å². The van der Waals surface area contributed by atoms with Gasteiger partial charge >= 0.3 is 0 Å². The van der Waals surface area contributed by atoms with Gasteiger partial charge in [-0.1, -0.05) is 31.5 Å². The Hall–Kier alpha value is -2.14. The maximum absolute atomic E-state index is 5.36. The molecule has 19 heavy (non-hydrogen) atoms. The summed E-state index contributed by atoms with van der Waals surface area (Å²) in [4.78, 5) is 10.6. The highest BCUT2D eigenvalue weighted by Crippen LogP contribution is 2.24. The van der Waals surface area contributed by atoms with Crippen LogP contribution in [0.4, 0.5) is 17.5 Å². The van der Waals surface area contributed by atoms with Crippen molar-refractivity contribution in [3.63, 3.8) is 0 Å². The van der Waals surface area contributed by atoms with Gasteiger partial charge in [-0.15, -0.1) is 0 Å². The number of unbranched alkanes of at least 4 members (excludes halogenated alkanes) is 1. The molecule has 3 N–H and O–H groups in total. The van der Waals surface area contributed by atoms with E-state index >= 15 is 0 Å². The summed E-state index contributed by atoms with van der Waals surface area (Å²) < 4.78 is 0. The molecule has 0 radical (unpaired) electrons. The molecule has 0 unspecified atom stereocenters. The van der Waals surface area contributed by atoms with Crippen LogP contribution in [0.1, 0.15) is 19.8 Å². The van der Waals surface area contributed by atoms with E-state index in [2.05, 4.69) is 39.4 Å². The largest absolute Gasteiger partial charge is 0.326 e. The van der Waals surface area contributed by atoms with Gasteiger partial charge in [-0.2, -0.15) is 4.98 Å². The number of benzene rings is 1. The van der Waals surface area contributed by atoms with E-state index in [0.717, 1.165) is 30.9 Å². The van der Waals surface area contributed by atoms with Crippen LogP contribution < -0.4 is 16.2 Å². The second-order valence-electron chi connectivity index (χ2n) is 4.22. The topological polar surface area (TPSA) is 67.1 Å². The Bertz CT molecular complexity index is 500. The van der Waals surface area contributed by atoms with Gasteiger partial charge in [-0.25, -0.2) is 10.8 Å². The second-order valence-corrected chi connectivity index (χ2v) is 4.22. The summed E-state index contributed by atoms with van der Waals surface area (Å²) in [7, 11) is 0. The third-order valence-electron chi connectivity index (χ3n) is 2.85. The van der Waals surface area contributed by atoms with Gasteiger partial charge in [0.1, 0.15) is 5.82 Å². The maximum atomic E-state index is 5.36. The molecule has 1 heterocycles. The zero-order chi connectivity index (χ0) is 13.5. The first kappa shape index (κ1) is 13.3. The zero-order valence-corrected chi connectivity index (χ0v) is 11.1. The lowest BCUT2D eigenvalue weighted by Gasteiger charge is -2.23. The summed E-state index contributed by atoms with van der Waals surface area (Å²) in [6.07, 6.45) is 3.94. The number of aromatic nitrogens is 2. The highest BCUT2D eigenvalue weighted by molar-refractivity contribution is 5.60. The minimum atomic E-state index is 0.426. The first-order valence-electron chi connectivity index (χ1n) is 6.47. The van der Waals surface area contributed by atoms with Gasteiger partial charge in [0.2, 0.25) is 5.95 Å². The molecule has 2 rings (SSSR count).